The molecule has 0 radical (unpaired) electrons. The van der Waals surface area contributed by atoms with E-state index >= 15 is 0 Å². The minimum absolute atomic E-state index is 0.114. The molecule has 0 aromatic heterocycles. The minimum atomic E-state index is -0.257. The van der Waals surface area contributed by atoms with Crippen LogP contribution in [-0.4, -0.2) is 6.04 Å². The number of rotatable bonds is 5. The van der Waals surface area contributed by atoms with E-state index < -0.39 is 0 Å². The van der Waals surface area contributed by atoms with Crippen LogP contribution in [0.1, 0.15) is 43.0 Å². The van der Waals surface area contributed by atoms with E-state index in [0.717, 1.165) is 34.5 Å². The van der Waals surface area contributed by atoms with Crippen molar-refractivity contribution in [1.82, 2.24) is 5.32 Å². The zero-order valence-corrected chi connectivity index (χ0v) is 17.6. The lowest BCUT2D eigenvalue weighted by molar-refractivity contribution is 0.620. The van der Waals surface area contributed by atoms with E-state index in [1.807, 2.05) is 58.9 Å². The summed E-state index contributed by atoms with van der Waals surface area (Å²) in [5.74, 6) is -0.257. The predicted octanol–water partition coefficient (Wildman–Crippen LogP) is 6.53. The number of allylic oxidation sites excluding steroid dienone is 1. The molecule has 3 rings (SSSR count). The average molecular weight is 379 g/mol. The summed E-state index contributed by atoms with van der Waals surface area (Å²) in [6.07, 6.45) is 2.85. The summed E-state index contributed by atoms with van der Waals surface area (Å²) in [7, 11) is 0. The molecule has 0 aliphatic carbocycles. The van der Waals surface area contributed by atoms with Gasteiger partial charge in [-0.2, -0.15) is 0 Å². The molecule has 1 heterocycles. The van der Waals surface area contributed by atoms with Gasteiger partial charge in [0.1, 0.15) is 5.82 Å². The van der Waals surface area contributed by atoms with Gasteiger partial charge in [-0.15, -0.1) is 0 Å². The van der Waals surface area contributed by atoms with Crippen LogP contribution < -0.4 is 10.6 Å². The summed E-state index contributed by atoms with van der Waals surface area (Å²) in [5, 5.41) is 6.78. The fourth-order valence-electron chi connectivity index (χ4n) is 3.56. The van der Waals surface area contributed by atoms with Crippen LogP contribution >= 0.6 is 0 Å². The van der Waals surface area contributed by atoms with Crippen LogP contribution in [-0.2, 0) is 6.42 Å². The molecule has 0 fully saturated rings. The Kier molecular flexibility index (Phi) is 7.22. The number of hydrogen-bond donors (Lipinski definition) is 2. The van der Waals surface area contributed by atoms with Gasteiger partial charge in [-0.05, 0) is 61.6 Å². The van der Waals surface area contributed by atoms with Crippen molar-refractivity contribution in [3.63, 3.8) is 0 Å². The third-order valence-electron chi connectivity index (χ3n) is 4.85. The Morgan fingerprint density at radius 2 is 1.86 bits per heavy atom. The first-order chi connectivity index (χ1) is 13.4. The number of hydrogen-bond acceptors (Lipinski definition) is 2. The molecule has 1 unspecified atom stereocenters. The Labute approximate surface area is 168 Å². The zero-order chi connectivity index (χ0) is 20.8. The van der Waals surface area contributed by atoms with E-state index in [4.69, 9.17) is 0 Å². The number of aryl methyl sites for hydroxylation is 2. The lowest BCUT2D eigenvalue weighted by Crippen LogP contribution is -2.25. The molecule has 0 spiro atoms. The van der Waals surface area contributed by atoms with Gasteiger partial charge in [-0.1, -0.05) is 57.3 Å². The van der Waals surface area contributed by atoms with Crippen molar-refractivity contribution in [3.05, 3.63) is 95.0 Å². The number of anilines is 1. The Bertz CT molecular complexity index is 861. The van der Waals surface area contributed by atoms with Crippen molar-refractivity contribution < 1.29 is 4.39 Å². The van der Waals surface area contributed by atoms with Crippen molar-refractivity contribution in [1.29, 1.82) is 0 Å². The second kappa shape index (κ2) is 9.41. The summed E-state index contributed by atoms with van der Waals surface area (Å²) >= 11 is 0. The number of para-hydroxylation sites is 1. The molecule has 28 heavy (non-hydrogen) atoms. The lowest BCUT2D eigenvalue weighted by Gasteiger charge is -2.21. The van der Waals surface area contributed by atoms with Gasteiger partial charge in [0.2, 0.25) is 0 Å². The van der Waals surface area contributed by atoms with E-state index in [1.165, 1.54) is 11.6 Å². The van der Waals surface area contributed by atoms with Crippen LogP contribution in [0.4, 0.5) is 10.1 Å². The SMILES string of the molecule is C=C(N/C(=C/C)C(=C)C1Cc2ccccc2N1)c1c(C)cc(C)cc1F.CC. The first-order valence-corrected chi connectivity index (χ1v) is 9.83. The van der Waals surface area contributed by atoms with Gasteiger partial charge in [-0.3, -0.25) is 0 Å². The highest BCUT2D eigenvalue weighted by molar-refractivity contribution is 5.69. The van der Waals surface area contributed by atoms with Gasteiger partial charge in [0, 0.05) is 22.6 Å². The van der Waals surface area contributed by atoms with Crippen LogP contribution in [0, 0.1) is 19.7 Å². The van der Waals surface area contributed by atoms with Gasteiger partial charge in [0.05, 0.1) is 6.04 Å². The molecule has 0 saturated carbocycles. The molecule has 3 heteroatoms. The van der Waals surface area contributed by atoms with Gasteiger partial charge in [0.15, 0.2) is 0 Å². The molecule has 2 nitrogen and oxygen atoms in total. The van der Waals surface area contributed by atoms with E-state index in [-0.39, 0.29) is 11.9 Å². The molecular formula is C25H31FN2. The summed E-state index contributed by atoms with van der Waals surface area (Å²) in [6, 6.07) is 11.9. The van der Waals surface area contributed by atoms with Gasteiger partial charge in [-0.25, -0.2) is 4.39 Å². The Morgan fingerprint density at radius 3 is 2.46 bits per heavy atom. The maximum atomic E-state index is 14.4. The molecule has 0 bridgehead atoms. The second-order valence-electron chi connectivity index (χ2n) is 6.83. The number of benzene rings is 2. The maximum absolute atomic E-state index is 14.4. The highest BCUT2D eigenvalue weighted by Gasteiger charge is 2.24. The van der Waals surface area contributed by atoms with Crippen LogP contribution in [0.2, 0.25) is 0 Å². The maximum Gasteiger partial charge on any atom is 0.133 e. The topological polar surface area (TPSA) is 24.1 Å². The molecule has 0 saturated heterocycles. The van der Waals surface area contributed by atoms with E-state index in [0.29, 0.717) is 11.3 Å². The Hall–Kier alpha value is -2.81. The molecule has 148 valence electrons. The third-order valence-corrected chi connectivity index (χ3v) is 4.85. The monoisotopic (exact) mass is 378 g/mol. The summed E-state index contributed by atoms with van der Waals surface area (Å²) < 4.78 is 14.4. The molecular weight excluding hydrogens is 347 g/mol. The predicted molar refractivity (Wildman–Crippen MR) is 120 cm³/mol. The standard InChI is InChI=1S/C23H25FN2.C2H6/c1-6-20(16(4)22-13-18-9-7-8-10-21(18)26-22)25-17(5)23-15(3)11-14(2)12-19(23)24;1-2/h6-12,22,25-26H,4-5,13H2,1-3H3;1-2H3/b20-6+;. The summed E-state index contributed by atoms with van der Waals surface area (Å²) in [4.78, 5) is 0. The molecule has 1 aliphatic rings. The minimum Gasteiger partial charge on any atom is -0.378 e. The van der Waals surface area contributed by atoms with Gasteiger partial charge >= 0.3 is 0 Å². The van der Waals surface area contributed by atoms with Gasteiger partial charge < -0.3 is 10.6 Å². The molecule has 2 aromatic rings. The normalized spacial score (nSPS) is 15.1. The first-order valence-electron chi connectivity index (χ1n) is 9.83. The fraction of sp³-hybridized carbons (Fsp3) is 0.280. The number of nitrogens with one attached hydrogen (secondary N) is 2. The molecule has 0 amide bonds. The van der Waals surface area contributed by atoms with Crippen LogP contribution in [0.5, 0.6) is 0 Å². The van der Waals surface area contributed by atoms with E-state index in [1.54, 1.807) is 0 Å². The number of halogens is 1. The molecule has 1 aliphatic heterocycles. The third kappa shape index (κ3) is 4.53. The number of fused-ring (bicyclic) bond motifs is 1. The second-order valence-corrected chi connectivity index (χ2v) is 6.83. The summed E-state index contributed by atoms with van der Waals surface area (Å²) in [6.45, 7) is 18.1. The van der Waals surface area contributed by atoms with Crippen molar-refractivity contribution in [3.8, 4) is 0 Å². The molecule has 2 N–H and O–H groups in total. The molecule has 2 aromatic carbocycles. The fourth-order valence-corrected chi connectivity index (χ4v) is 3.56. The van der Waals surface area contributed by atoms with E-state index in [2.05, 4.69) is 35.9 Å². The van der Waals surface area contributed by atoms with Crippen molar-refractivity contribution in [2.75, 3.05) is 5.32 Å². The first kappa shape index (κ1) is 21.5. The molecule has 1 atom stereocenters. The van der Waals surface area contributed by atoms with Gasteiger partial charge in [0.25, 0.3) is 0 Å². The quantitative estimate of drug-likeness (QED) is 0.578. The lowest BCUT2D eigenvalue weighted by atomic mass is 9.99. The van der Waals surface area contributed by atoms with Crippen molar-refractivity contribution in [2.45, 2.75) is 47.1 Å². The van der Waals surface area contributed by atoms with E-state index in [9.17, 15) is 4.39 Å². The smallest absolute Gasteiger partial charge is 0.133 e. The Morgan fingerprint density at radius 1 is 1.18 bits per heavy atom. The zero-order valence-electron chi connectivity index (χ0n) is 17.6. The highest BCUT2D eigenvalue weighted by Crippen LogP contribution is 2.31. The van der Waals surface area contributed by atoms with Crippen molar-refractivity contribution >= 4 is 11.4 Å². The average Bonchev–Trinajstić information content (AvgIpc) is 3.10. The highest BCUT2D eigenvalue weighted by atomic mass is 19.1. The summed E-state index contributed by atoms with van der Waals surface area (Å²) in [5.41, 5.74) is 7.07. The Balaban J connectivity index is 0.00000136. The van der Waals surface area contributed by atoms with Crippen molar-refractivity contribution in [2.24, 2.45) is 0 Å². The van der Waals surface area contributed by atoms with Crippen LogP contribution in [0.3, 0.4) is 0 Å². The van der Waals surface area contributed by atoms with Crippen LogP contribution in [0.15, 0.2) is 66.9 Å². The van der Waals surface area contributed by atoms with Crippen LogP contribution in [0.25, 0.3) is 5.70 Å². The largest absolute Gasteiger partial charge is 0.378 e.